The van der Waals surface area contributed by atoms with Gasteiger partial charge in [-0.05, 0) is 0 Å². The molecule has 0 unspecified atom stereocenters. The van der Waals surface area contributed by atoms with Gasteiger partial charge >= 0.3 is 5.97 Å². The van der Waals surface area contributed by atoms with Gasteiger partial charge in [-0.1, -0.05) is 0 Å². The van der Waals surface area contributed by atoms with E-state index in [0.717, 1.165) is 0 Å². The molecular formula is C5H4NO3. The SMILES string of the molecule is [O]C(=O)C1=NC(=O)CC1. The highest BCUT2D eigenvalue weighted by molar-refractivity contribution is 6.38. The smallest absolute Gasteiger partial charge is 0.273 e. The fourth-order valence-corrected chi connectivity index (χ4v) is 0.635. The summed E-state index contributed by atoms with van der Waals surface area (Å²) in [6.07, 6.45) is 0.435. The van der Waals surface area contributed by atoms with Crippen molar-refractivity contribution in [2.24, 2.45) is 4.99 Å². The monoisotopic (exact) mass is 126 g/mol. The summed E-state index contributed by atoms with van der Waals surface area (Å²) in [5.41, 5.74) is -0.125. The summed E-state index contributed by atoms with van der Waals surface area (Å²) in [6, 6.07) is 0. The maximum atomic E-state index is 10.3. The molecule has 4 nitrogen and oxygen atoms in total. The van der Waals surface area contributed by atoms with Gasteiger partial charge in [0.15, 0.2) is 0 Å². The van der Waals surface area contributed by atoms with Crippen LogP contribution in [0.5, 0.6) is 0 Å². The van der Waals surface area contributed by atoms with E-state index < -0.39 is 5.97 Å². The van der Waals surface area contributed by atoms with E-state index >= 15 is 0 Å². The number of rotatable bonds is 1. The van der Waals surface area contributed by atoms with Gasteiger partial charge in [0.05, 0.1) is 0 Å². The molecule has 47 valence electrons. The lowest BCUT2D eigenvalue weighted by atomic mass is 10.2. The first-order valence-corrected chi connectivity index (χ1v) is 2.52. The molecule has 0 saturated carbocycles. The highest BCUT2D eigenvalue weighted by Crippen LogP contribution is 2.05. The second-order valence-electron chi connectivity index (χ2n) is 1.74. The molecule has 0 aromatic rings. The van der Waals surface area contributed by atoms with Gasteiger partial charge < -0.3 is 0 Å². The Kier molecular flexibility index (Phi) is 1.30. The molecule has 4 heteroatoms. The highest BCUT2D eigenvalue weighted by atomic mass is 16.4. The van der Waals surface area contributed by atoms with E-state index in [1.165, 1.54) is 0 Å². The van der Waals surface area contributed by atoms with Crippen molar-refractivity contribution in [1.82, 2.24) is 0 Å². The molecule has 1 heterocycles. The lowest BCUT2D eigenvalue weighted by molar-refractivity contribution is -0.135. The summed E-state index contributed by atoms with van der Waals surface area (Å²) >= 11 is 0. The van der Waals surface area contributed by atoms with Crippen LogP contribution in [0.2, 0.25) is 0 Å². The lowest BCUT2D eigenvalue weighted by Crippen LogP contribution is -2.06. The summed E-state index contributed by atoms with van der Waals surface area (Å²) in [5.74, 6) is -1.70. The molecule has 1 rings (SSSR count). The summed E-state index contributed by atoms with van der Waals surface area (Å²) in [6.45, 7) is 0. The van der Waals surface area contributed by atoms with Crippen molar-refractivity contribution < 1.29 is 14.7 Å². The first kappa shape index (κ1) is 5.94. The minimum Gasteiger partial charge on any atom is -0.273 e. The Morgan fingerprint density at radius 2 is 2.11 bits per heavy atom. The van der Waals surface area contributed by atoms with Crippen LogP contribution in [0.3, 0.4) is 0 Å². The molecule has 0 aliphatic carbocycles. The fraction of sp³-hybridized carbons (Fsp3) is 0.400. The average molecular weight is 126 g/mol. The summed E-state index contributed by atoms with van der Waals surface area (Å²) in [7, 11) is 0. The van der Waals surface area contributed by atoms with E-state index in [0.29, 0.717) is 0 Å². The molecule has 1 radical (unpaired) electrons. The van der Waals surface area contributed by atoms with Crippen molar-refractivity contribution >= 4 is 17.6 Å². The van der Waals surface area contributed by atoms with Crippen LogP contribution in [0, 0.1) is 0 Å². The first-order chi connectivity index (χ1) is 4.20. The van der Waals surface area contributed by atoms with Gasteiger partial charge in [-0.15, -0.1) is 0 Å². The normalized spacial score (nSPS) is 17.8. The van der Waals surface area contributed by atoms with E-state index in [9.17, 15) is 14.7 Å². The van der Waals surface area contributed by atoms with E-state index in [2.05, 4.69) is 4.99 Å². The number of hydrogen-bond donors (Lipinski definition) is 0. The number of aliphatic imine (C=N–C) groups is 1. The molecule has 1 aliphatic heterocycles. The second-order valence-corrected chi connectivity index (χ2v) is 1.74. The minimum atomic E-state index is -1.33. The fourth-order valence-electron chi connectivity index (χ4n) is 0.635. The van der Waals surface area contributed by atoms with Crippen molar-refractivity contribution in [2.75, 3.05) is 0 Å². The Balaban J connectivity index is 2.74. The predicted octanol–water partition coefficient (Wildman–Crippen LogP) is -0.295. The number of carbonyl (C=O) groups is 2. The molecule has 1 amide bonds. The van der Waals surface area contributed by atoms with Gasteiger partial charge in [-0.2, -0.15) is 0 Å². The molecule has 0 aromatic heterocycles. The van der Waals surface area contributed by atoms with Crippen LogP contribution in [-0.4, -0.2) is 17.6 Å². The largest absolute Gasteiger partial charge is 0.400 e. The Labute approximate surface area is 51.2 Å². The van der Waals surface area contributed by atoms with E-state index in [1.807, 2.05) is 0 Å². The van der Waals surface area contributed by atoms with E-state index in [4.69, 9.17) is 0 Å². The first-order valence-electron chi connectivity index (χ1n) is 2.52. The molecule has 0 fully saturated rings. The number of hydrogen-bond acceptors (Lipinski definition) is 2. The molecular weight excluding hydrogens is 122 g/mol. The van der Waals surface area contributed by atoms with Crippen molar-refractivity contribution in [3.63, 3.8) is 0 Å². The molecule has 1 aliphatic rings. The van der Waals surface area contributed by atoms with Crippen LogP contribution in [0.25, 0.3) is 0 Å². The molecule has 0 N–H and O–H groups in total. The quantitative estimate of drug-likeness (QED) is 0.484. The zero-order valence-corrected chi connectivity index (χ0v) is 4.59. The molecule has 0 bridgehead atoms. The van der Waals surface area contributed by atoms with Crippen molar-refractivity contribution in [2.45, 2.75) is 12.8 Å². The molecule has 0 spiro atoms. The lowest BCUT2D eigenvalue weighted by Gasteiger charge is -1.79. The van der Waals surface area contributed by atoms with Crippen LogP contribution in [0.1, 0.15) is 12.8 Å². The van der Waals surface area contributed by atoms with Gasteiger partial charge in [0.1, 0.15) is 5.71 Å². The number of carbonyl (C=O) groups excluding carboxylic acids is 2. The predicted molar refractivity (Wildman–Crippen MR) is 27.4 cm³/mol. The van der Waals surface area contributed by atoms with E-state index in [1.54, 1.807) is 0 Å². The van der Waals surface area contributed by atoms with Crippen molar-refractivity contribution in [3.05, 3.63) is 0 Å². The topological polar surface area (TPSA) is 66.4 Å². The summed E-state index contributed by atoms with van der Waals surface area (Å²) < 4.78 is 0. The van der Waals surface area contributed by atoms with Crippen molar-refractivity contribution in [1.29, 1.82) is 0 Å². The van der Waals surface area contributed by atoms with E-state index in [-0.39, 0.29) is 24.5 Å². The van der Waals surface area contributed by atoms with Gasteiger partial charge in [-0.3, -0.25) is 4.79 Å². The molecule has 0 saturated heterocycles. The third kappa shape index (κ3) is 1.13. The second kappa shape index (κ2) is 1.97. The van der Waals surface area contributed by atoms with Crippen LogP contribution in [-0.2, 0) is 14.7 Å². The van der Waals surface area contributed by atoms with Crippen molar-refractivity contribution in [3.8, 4) is 0 Å². The van der Waals surface area contributed by atoms with Gasteiger partial charge in [0, 0.05) is 12.8 Å². The zero-order valence-electron chi connectivity index (χ0n) is 4.59. The van der Waals surface area contributed by atoms with Gasteiger partial charge in [0.2, 0.25) is 5.91 Å². The number of amides is 1. The van der Waals surface area contributed by atoms with Gasteiger partial charge in [-0.25, -0.2) is 14.9 Å². The molecule has 9 heavy (non-hydrogen) atoms. The zero-order chi connectivity index (χ0) is 6.85. The minimum absolute atomic E-state index is 0.125. The third-order valence-corrected chi connectivity index (χ3v) is 1.07. The Morgan fingerprint density at radius 1 is 1.44 bits per heavy atom. The van der Waals surface area contributed by atoms with Crippen LogP contribution < -0.4 is 0 Å². The summed E-state index contributed by atoms with van der Waals surface area (Å²) in [4.78, 5) is 23.4. The average Bonchev–Trinajstić information content (AvgIpc) is 2.14. The molecule has 0 atom stereocenters. The standard InChI is InChI=1S/C5H4NO3/c7-4-2-1-3(6-4)5(8)9/h1-2H2. The Morgan fingerprint density at radius 3 is 2.33 bits per heavy atom. The van der Waals surface area contributed by atoms with Crippen LogP contribution in [0.4, 0.5) is 0 Å². The van der Waals surface area contributed by atoms with Crippen LogP contribution >= 0.6 is 0 Å². The summed E-state index contributed by atoms with van der Waals surface area (Å²) in [5, 5.41) is 9.95. The van der Waals surface area contributed by atoms with Crippen LogP contribution in [0.15, 0.2) is 4.99 Å². The number of nitrogens with zero attached hydrogens (tertiary/aromatic N) is 1. The van der Waals surface area contributed by atoms with Gasteiger partial charge in [0.25, 0.3) is 0 Å². The highest BCUT2D eigenvalue weighted by Gasteiger charge is 2.20. The maximum absolute atomic E-state index is 10.3. The molecule has 0 aromatic carbocycles. The third-order valence-electron chi connectivity index (χ3n) is 1.07. The maximum Gasteiger partial charge on any atom is 0.400 e. The Hall–Kier alpha value is -1.19. The Bertz CT molecular complexity index is 194.